The summed E-state index contributed by atoms with van der Waals surface area (Å²) in [6.07, 6.45) is 3.96. The highest BCUT2D eigenvalue weighted by Crippen LogP contribution is 2.26. The van der Waals surface area contributed by atoms with Gasteiger partial charge < -0.3 is 41.2 Å². The maximum absolute atomic E-state index is 13.2. The summed E-state index contributed by atoms with van der Waals surface area (Å²) in [4.78, 5) is 74.4. The molecule has 1 saturated heterocycles. The van der Waals surface area contributed by atoms with Gasteiger partial charge in [0.1, 0.15) is 31.3 Å². The van der Waals surface area contributed by atoms with E-state index in [1.54, 1.807) is 18.2 Å². The lowest BCUT2D eigenvalue weighted by atomic mass is 10.1. The predicted molar refractivity (Wildman–Crippen MR) is 185 cm³/mol. The average molecular weight is 737 g/mol. The lowest BCUT2D eigenvalue weighted by Crippen LogP contribution is -2.55. The standard InChI is InChI=1S/C33H48N6O11S/c1-3-21-49-32(45)34-18-10-8-15-25(37-28(40)17-9-11-19-35-33(46)50-22-4-2)29(41)36-23-26(31(43)44)38-30(42)27-16-12-20-39(27)51(47,48)24-13-6-5-7-14-24/h3-7,13-14,25-27H,1-2,8-12,15-23H2,(H,34,45)(H,35,46)(H,36,41)(H,37,40)(H,38,42)(H,43,44)/t25?,26?,27-/m0/s1. The minimum atomic E-state index is -4.02. The second kappa shape index (κ2) is 22.7. The molecule has 0 bridgehead atoms. The molecule has 6 N–H and O–H groups in total. The van der Waals surface area contributed by atoms with Gasteiger partial charge in [-0.1, -0.05) is 43.5 Å². The minimum Gasteiger partial charge on any atom is -0.480 e. The number of alkyl carbamates (subject to hydrolysis) is 2. The Morgan fingerprint density at radius 1 is 0.863 bits per heavy atom. The van der Waals surface area contributed by atoms with Gasteiger partial charge in [-0.05, 0) is 57.1 Å². The molecule has 1 aromatic rings. The Kier molecular flexibility index (Phi) is 18.8. The Bertz CT molecular complexity index is 1460. The number of hydrogen-bond acceptors (Lipinski definition) is 10. The fraction of sp³-hybridized carbons (Fsp3) is 0.515. The Morgan fingerprint density at radius 2 is 1.47 bits per heavy atom. The number of nitrogens with zero attached hydrogens (tertiary/aromatic N) is 1. The first-order valence-corrected chi connectivity index (χ1v) is 18.0. The average Bonchev–Trinajstić information content (AvgIpc) is 3.62. The second-order valence-electron chi connectivity index (χ2n) is 11.4. The first kappa shape index (κ1) is 42.2. The van der Waals surface area contributed by atoms with E-state index in [0.717, 1.165) is 4.31 Å². The Hall–Kier alpha value is -4.97. The van der Waals surface area contributed by atoms with Crippen LogP contribution in [0.5, 0.6) is 0 Å². The number of carbonyl (C=O) groups is 6. The molecule has 0 aliphatic carbocycles. The van der Waals surface area contributed by atoms with Crippen molar-refractivity contribution in [3.8, 4) is 0 Å². The van der Waals surface area contributed by atoms with Crippen molar-refractivity contribution in [2.24, 2.45) is 0 Å². The van der Waals surface area contributed by atoms with Crippen LogP contribution in [0.15, 0.2) is 60.5 Å². The van der Waals surface area contributed by atoms with Crippen molar-refractivity contribution in [3.05, 3.63) is 55.6 Å². The number of aliphatic carboxylic acids is 1. The van der Waals surface area contributed by atoms with Gasteiger partial charge in [-0.2, -0.15) is 4.31 Å². The van der Waals surface area contributed by atoms with Crippen molar-refractivity contribution < 1.29 is 51.8 Å². The van der Waals surface area contributed by atoms with Gasteiger partial charge in [-0.15, -0.1) is 0 Å². The normalized spacial score (nSPS) is 15.3. The molecule has 1 aromatic carbocycles. The number of sulfonamides is 1. The van der Waals surface area contributed by atoms with E-state index in [-0.39, 0.29) is 57.0 Å². The van der Waals surface area contributed by atoms with Crippen LogP contribution in [0.4, 0.5) is 9.59 Å². The number of carboxylic acids is 1. The van der Waals surface area contributed by atoms with Crippen molar-refractivity contribution >= 4 is 45.9 Å². The number of ether oxygens (including phenoxy) is 2. The predicted octanol–water partition coefficient (Wildman–Crippen LogP) is 1.18. The van der Waals surface area contributed by atoms with Crippen LogP contribution in [-0.2, 0) is 38.7 Å². The van der Waals surface area contributed by atoms with E-state index in [2.05, 4.69) is 39.7 Å². The lowest BCUT2D eigenvalue weighted by molar-refractivity contribution is -0.142. The first-order chi connectivity index (χ1) is 24.4. The van der Waals surface area contributed by atoms with Gasteiger partial charge >= 0.3 is 18.2 Å². The van der Waals surface area contributed by atoms with E-state index in [1.807, 2.05) is 0 Å². The maximum Gasteiger partial charge on any atom is 0.407 e. The molecule has 51 heavy (non-hydrogen) atoms. The second-order valence-corrected chi connectivity index (χ2v) is 13.3. The van der Waals surface area contributed by atoms with Crippen LogP contribution in [0.1, 0.15) is 51.4 Å². The Morgan fingerprint density at radius 3 is 2.06 bits per heavy atom. The Labute approximate surface area is 297 Å². The first-order valence-electron chi connectivity index (χ1n) is 16.6. The number of rotatable bonds is 23. The monoisotopic (exact) mass is 736 g/mol. The number of unbranched alkanes of at least 4 members (excludes halogenated alkanes) is 2. The SMILES string of the molecule is C=CCOC(=O)NCCCCC(=O)NC(CCCCNC(=O)OCC=C)C(=O)NCC(NC(=O)[C@@H]1CCCN1S(=O)(=O)c1ccccc1)C(=O)O. The number of carbonyl (C=O) groups excluding carboxylic acids is 5. The maximum atomic E-state index is 13.2. The fourth-order valence-corrected chi connectivity index (χ4v) is 6.66. The summed E-state index contributed by atoms with van der Waals surface area (Å²) in [5.41, 5.74) is 0. The number of benzene rings is 1. The van der Waals surface area contributed by atoms with Gasteiger partial charge in [0.2, 0.25) is 27.7 Å². The minimum absolute atomic E-state index is 0.00358. The summed E-state index contributed by atoms with van der Waals surface area (Å²) >= 11 is 0. The molecule has 0 radical (unpaired) electrons. The molecule has 1 heterocycles. The van der Waals surface area contributed by atoms with E-state index in [9.17, 15) is 42.3 Å². The molecular weight excluding hydrogens is 688 g/mol. The van der Waals surface area contributed by atoms with Crippen LogP contribution in [-0.4, -0.2) is 111 Å². The number of carboxylic acid groups (broad SMARTS) is 1. The highest BCUT2D eigenvalue weighted by molar-refractivity contribution is 7.89. The van der Waals surface area contributed by atoms with Crippen LogP contribution in [0, 0.1) is 0 Å². The quantitative estimate of drug-likeness (QED) is 0.0689. The van der Waals surface area contributed by atoms with Crippen molar-refractivity contribution in [2.45, 2.75) is 74.4 Å². The van der Waals surface area contributed by atoms with Gasteiger partial charge in [0.25, 0.3) is 0 Å². The van der Waals surface area contributed by atoms with Gasteiger partial charge in [0.05, 0.1) is 4.90 Å². The molecule has 3 atom stereocenters. The molecule has 0 aromatic heterocycles. The number of nitrogens with one attached hydrogen (secondary N) is 5. The van der Waals surface area contributed by atoms with Crippen LogP contribution < -0.4 is 26.6 Å². The Balaban J connectivity index is 1.98. The smallest absolute Gasteiger partial charge is 0.407 e. The van der Waals surface area contributed by atoms with Gasteiger partial charge in [-0.3, -0.25) is 14.4 Å². The molecule has 0 spiro atoms. The van der Waals surface area contributed by atoms with Crippen LogP contribution in [0.2, 0.25) is 0 Å². The van der Waals surface area contributed by atoms with Crippen LogP contribution in [0.25, 0.3) is 0 Å². The highest BCUT2D eigenvalue weighted by atomic mass is 32.2. The molecule has 1 aliphatic heterocycles. The summed E-state index contributed by atoms with van der Waals surface area (Å²) < 4.78 is 37.1. The molecule has 17 nitrogen and oxygen atoms in total. The molecule has 0 saturated carbocycles. The molecule has 1 aliphatic rings. The molecule has 282 valence electrons. The van der Waals surface area contributed by atoms with Crippen molar-refractivity contribution in [2.75, 3.05) is 39.4 Å². The largest absolute Gasteiger partial charge is 0.480 e. The third kappa shape index (κ3) is 15.2. The number of hydrogen-bond donors (Lipinski definition) is 6. The summed E-state index contributed by atoms with van der Waals surface area (Å²) in [7, 11) is -4.02. The summed E-state index contributed by atoms with van der Waals surface area (Å²) in [6, 6.07) is 3.76. The van der Waals surface area contributed by atoms with Crippen LogP contribution >= 0.6 is 0 Å². The summed E-state index contributed by atoms with van der Waals surface area (Å²) in [6.45, 7) is 7.03. The molecule has 1 fully saturated rings. The molecule has 18 heteroatoms. The zero-order chi connectivity index (χ0) is 37.6. The third-order valence-electron chi connectivity index (χ3n) is 7.56. The number of amides is 5. The van der Waals surface area contributed by atoms with Gasteiger partial charge in [0.15, 0.2) is 0 Å². The van der Waals surface area contributed by atoms with E-state index >= 15 is 0 Å². The molecular formula is C33H48N6O11S. The van der Waals surface area contributed by atoms with Crippen LogP contribution in [0.3, 0.4) is 0 Å². The highest BCUT2D eigenvalue weighted by Gasteiger charge is 2.40. The van der Waals surface area contributed by atoms with E-state index in [1.165, 1.54) is 24.3 Å². The van der Waals surface area contributed by atoms with Gasteiger partial charge in [-0.25, -0.2) is 22.8 Å². The topological polar surface area (TPSA) is 239 Å². The lowest BCUT2D eigenvalue weighted by Gasteiger charge is -2.25. The molecule has 2 unspecified atom stereocenters. The van der Waals surface area contributed by atoms with Crippen molar-refractivity contribution in [1.82, 2.24) is 30.9 Å². The zero-order valence-corrected chi connectivity index (χ0v) is 29.3. The van der Waals surface area contributed by atoms with Crippen molar-refractivity contribution in [3.63, 3.8) is 0 Å². The van der Waals surface area contributed by atoms with E-state index in [4.69, 9.17) is 9.47 Å². The van der Waals surface area contributed by atoms with E-state index < -0.39 is 70.6 Å². The third-order valence-corrected chi connectivity index (χ3v) is 9.48. The van der Waals surface area contributed by atoms with E-state index in [0.29, 0.717) is 32.1 Å². The zero-order valence-electron chi connectivity index (χ0n) is 28.5. The molecule has 5 amide bonds. The summed E-state index contributed by atoms with van der Waals surface area (Å²) in [5, 5.41) is 22.4. The summed E-state index contributed by atoms with van der Waals surface area (Å²) in [5.74, 6) is -3.44. The fourth-order valence-electron chi connectivity index (χ4n) is 4.98. The van der Waals surface area contributed by atoms with Crippen molar-refractivity contribution in [1.29, 1.82) is 0 Å². The molecule has 2 rings (SSSR count). The van der Waals surface area contributed by atoms with Gasteiger partial charge in [0, 0.05) is 32.6 Å².